The predicted octanol–water partition coefficient (Wildman–Crippen LogP) is 1.38. The minimum absolute atomic E-state index is 0.0128. The van der Waals surface area contributed by atoms with Gasteiger partial charge in [-0.2, -0.15) is 0 Å². The number of nitrogens with one attached hydrogen (secondary N) is 3. The van der Waals surface area contributed by atoms with Gasteiger partial charge in [-0.25, -0.2) is 13.1 Å². The molecule has 0 aromatic heterocycles. The Kier molecular flexibility index (Phi) is 4.70. The highest BCUT2D eigenvalue weighted by molar-refractivity contribution is 7.89. The van der Waals surface area contributed by atoms with Crippen LogP contribution in [-0.2, 0) is 21.2 Å². The highest BCUT2D eigenvalue weighted by Crippen LogP contribution is 2.25. The van der Waals surface area contributed by atoms with Crippen molar-refractivity contribution in [2.24, 2.45) is 0 Å². The monoisotopic (exact) mass is 337 g/mol. The molecule has 2 aliphatic rings. The fourth-order valence-electron chi connectivity index (χ4n) is 3.24. The Morgan fingerprint density at radius 3 is 2.87 bits per heavy atom. The maximum Gasteiger partial charge on any atom is 0.240 e. The number of amides is 1. The van der Waals surface area contributed by atoms with E-state index in [4.69, 9.17) is 0 Å². The molecule has 7 heteroatoms. The van der Waals surface area contributed by atoms with Crippen molar-refractivity contribution in [3.05, 3.63) is 23.8 Å². The molecule has 0 saturated carbocycles. The van der Waals surface area contributed by atoms with E-state index in [0.29, 0.717) is 18.9 Å². The first kappa shape index (κ1) is 16.4. The smallest absolute Gasteiger partial charge is 0.240 e. The zero-order valence-electron chi connectivity index (χ0n) is 13.3. The van der Waals surface area contributed by atoms with Gasteiger partial charge in [0.1, 0.15) is 0 Å². The average molecular weight is 337 g/mol. The van der Waals surface area contributed by atoms with Crippen LogP contribution in [-0.4, -0.2) is 33.0 Å². The number of carbonyl (C=O) groups excluding carboxylic acids is 1. The summed E-state index contributed by atoms with van der Waals surface area (Å²) in [4.78, 5) is 11.8. The van der Waals surface area contributed by atoms with Gasteiger partial charge in [0.2, 0.25) is 15.9 Å². The third kappa shape index (κ3) is 3.91. The second kappa shape index (κ2) is 6.59. The van der Waals surface area contributed by atoms with Crippen LogP contribution in [0.5, 0.6) is 0 Å². The van der Waals surface area contributed by atoms with Crippen molar-refractivity contribution in [1.82, 2.24) is 10.0 Å². The molecule has 2 heterocycles. The lowest BCUT2D eigenvalue weighted by Crippen LogP contribution is -2.46. The van der Waals surface area contributed by atoms with Gasteiger partial charge in [0.15, 0.2) is 0 Å². The van der Waals surface area contributed by atoms with Gasteiger partial charge in [-0.05, 0) is 62.9 Å². The lowest BCUT2D eigenvalue weighted by molar-refractivity contribution is -0.116. The normalized spacial score (nSPS) is 25.3. The number of sulfonamides is 1. The molecule has 1 aromatic rings. The van der Waals surface area contributed by atoms with Crippen molar-refractivity contribution in [2.75, 3.05) is 11.9 Å². The highest BCUT2D eigenvalue weighted by Gasteiger charge is 2.25. The summed E-state index contributed by atoms with van der Waals surface area (Å²) in [6, 6.07) is 5.23. The van der Waals surface area contributed by atoms with E-state index in [9.17, 15) is 13.2 Å². The first-order valence-electron chi connectivity index (χ1n) is 8.12. The van der Waals surface area contributed by atoms with Gasteiger partial charge in [-0.3, -0.25) is 4.79 Å². The zero-order valence-corrected chi connectivity index (χ0v) is 14.1. The summed E-state index contributed by atoms with van der Waals surface area (Å²) in [6.45, 7) is 2.89. The number of carbonyl (C=O) groups is 1. The van der Waals surface area contributed by atoms with Gasteiger partial charge in [0.25, 0.3) is 0 Å². The number of hydrogen-bond donors (Lipinski definition) is 3. The van der Waals surface area contributed by atoms with Gasteiger partial charge < -0.3 is 10.6 Å². The molecule has 2 aliphatic heterocycles. The number of fused-ring (bicyclic) bond motifs is 1. The molecule has 0 spiro atoms. The third-order valence-electron chi connectivity index (χ3n) is 4.46. The summed E-state index contributed by atoms with van der Waals surface area (Å²) < 4.78 is 28.1. The van der Waals surface area contributed by atoms with Crippen LogP contribution >= 0.6 is 0 Å². The lowest BCUT2D eigenvalue weighted by Gasteiger charge is -2.28. The molecular weight excluding hydrogens is 314 g/mol. The van der Waals surface area contributed by atoms with E-state index in [1.807, 2.05) is 0 Å². The van der Waals surface area contributed by atoms with Crippen molar-refractivity contribution in [3.63, 3.8) is 0 Å². The fraction of sp³-hybridized carbons (Fsp3) is 0.562. The number of benzene rings is 1. The Morgan fingerprint density at radius 1 is 1.26 bits per heavy atom. The highest BCUT2D eigenvalue weighted by atomic mass is 32.2. The average Bonchev–Trinajstić information content (AvgIpc) is 2.66. The van der Waals surface area contributed by atoms with Crippen LogP contribution in [0.2, 0.25) is 0 Å². The van der Waals surface area contributed by atoms with Crippen LogP contribution in [0.1, 0.15) is 38.2 Å². The molecule has 3 N–H and O–H groups in total. The summed E-state index contributed by atoms with van der Waals surface area (Å²) in [5, 5.41) is 6.14. The van der Waals surface area contributed by atoms with E-state index < -0.39 is 10.0 Å². The van der Waals surface area contributed by atoms with E-state index in [-0.39, 0.29) is 16.8 Å². The van der Waals surface area contributed by atoms with Crippen LogP contribution in [0.15, 0.2) is 23.1 Å². The molecular formula is C16H23N3O3S. The summed E-state index contributed by atoms with van der Waals surface area (Å²) >= 11 is 0. The van der Waals surface area contributed by atoms with Crippen molar-refractivity contribution in [2.45, 2.75) is 56.0 Å². The topological polar surface area (TPSA) is 87.3 Å². The number of piperidine rings is 1. The largest absolute Gasteiger partial charge is 0.326 e. The molecule has 126 valence electrons. The Hall–Kier alpha value is -1.44. The molecule has 2 unspecified atom stereocenters. The lowest BCUT2D eigenvalue weighted by atomic mass is 10.0. The van der Waals surface area contributed by atoms with E-state index in [2.05, 4.69) is 22.3 Å². The molecule has 23 heavy (non-hydrogen) atoms. The van der Waals surface area contributed by atoms with Crippen molar-refractivity contribution in [3.8, 4) is 0 Å². The fourth-order valence-corrected chi connectivity index (χ4v) is 4.58. The SMILES string of the molecule is CC1CC(NS(=O)(=O)c2ccc3c(c2)CCCC(=O)N3)CCN1. The minimum atomic E-state index is -3.53. The third-order valence-corrected chi connectivity index (χ3v) is 5.97. The molecule has 0 bridgehead atoms. The Bertz CT molecular complexity index is 703. The molecule has 1 fully saturated rings. The Morgan fingerprint density at radius 2 is 2.09 bits per heavy atom. The van der Waals surface area contributed by atoms with Crippen LogP contribution in [0, 0.1) is 0 Å². The molecule has 1 aromatic carbocycles. The van der Waals surface area contributed by atoms with Crippen LogP contribution < -0.4 is 15.4 Å². The van der Waals surface area contributed by atoms with Gasteiger partial charge in [0, 0.05) is 24.2 Å². The molecule has 1 saturated heterocycles. The maximum absolute atomic E-state index is 12.6. The summed E-state index contributed by atoms with van der Waals surface area (Å²) in [5.74, 6) is -0.0128. The maximum atomic E-state index is 12.6. The molecule has 0 radical (unpaired) electrons. The standard InChI is InChI=1S/C16H23N3O3S/c1-11-9-13(7-8-17-11)19-23(21,22)14-5-6-15-12(10-14)3-2-4-16(20)18-15/h5-6,10-11,13,17,19H,2-4,7-9H2,1H3,(H,18,20). The molecule has 3 rings (SSSR count). The van der Waals surface area contributed by atoms with Crippen molar-refractivity contribution < 1.29 is 13.2 Å². The molecule has 6 nitrogen and oxygen atoms in total. The van der Waals surface area contributed by atoms with E-state index in [1.165, 1.54) is 0 Å². The van der Waals surface area contributed by atoms with Gasteiger partial charge in [0.05, 0.1) is 4.90 Å². The summed E-state index contributed by atoms with van der Waals surface area (Å²) in [7, 11) is -3.53. The zero-order chi connectivity index (χ0) is 16.4. The quantitative estimate of drug-likeness (QED) is 0.778. The van der Waals surface area contributed by atoms with Gasteiger partial charge >= 0.3 is 0 Å². The van der Waals surface area contributed by atoms with Gasteiger partial charge in [-0.1, -0.05) is 0 Å². The summed E-state index contributed by atoms with van der Waals surface area (Å²) in [5.41, 5.74) is 1.61. The van der Waals surface area contributed by atoms with Crippen LogP contribution in [0.25, 0.3) is 0 Å². The Balaban J connectivity index is 1.80. The number of hydrogen-bond acceptors (Lipinski definition) is 4. The van der Waals surface area contributed by atoms with Crippen LogP contribution in [0.3, 0.4) is 0 Å². The second-order valence-corrected chi connectivity index (χ2v) is 8.13. The molecule has 2 atom stereocenters. The van der Waals surface area contributed by atoms with Crippen molar-refractivity contribution >= 4 is 21.6 Å². The number of aryl methyl sites for hydroxylation is 1. The first-order chi connectivity index (χ1) is 10.9. The predicted molar refractivity (Wildman–Crippen MR) is 88.8 cm³/mol. The van der Waals surface area contributed by atoms with E-state index >= 15 is 0 Å². The van der Waals surface area contributed by atoms with Crippen molar-refractivity contribution in [1.29, 1.82) is 0 Å². The Labute approximate surface area is 137 Å². The summed E-state index contributed by atoms with van der Waals surface area (Å²) in [6.07, 6.45) is 3.51. The van der Waals surface area contributed by atoms with Crippen LogP contribution in [0.4, 0.5) is 5.69 Å². The van der Waals surface area contributed by atoms with Gasteiger partial charge in [-0.15, -0.1) is 0 Å². The minimum Gasteiger partial charge on any atom is -0.326 e. The number of anilines is 1. The molecule has 1 amide bonds. The van der Waals surface area contributed by atoms with E-state index in [1.54, 1.807) is 18.2 Å². The van der Waals surface area contributed by atoms with E-state index in [0.717, 1.165) is 37.1 Å². The first-order valence-corrected chi connectivity index (χ1v) is 9.61. The number of rotatable bonds is 3. The second-order valence-electron chi connectivity index (χ2n) is 6.42. The molecule has 0 aliphatic carbocycles.